The number of carbonyl (C=O) groups excluding carboxylic acids is 1. The molecule has 1 amide bonds. The summed E-state index contributed by atoms with van der Waals surface area (Å²) in [6.07, 6.45) is -2.76. The molecule has 0 spiro atoms. The number of alkyl halides is 3. The summed E-state index contributed by atoms with van der Waals surface area (Å²) < 4.78 is 45.1. The lowest BCUT2D eigenvalue weighted by molar-refractivity contribution is -0.251. The molecule has 1 aromatic carbocycles. The fourth-order valence-corrected chi connectivity index (χ4v) is 4.58. The molecule has 1 aliphatic heterocycles. The molecule has 2 fully saturated rings. The quantitative estimate of drug-likeness (QED) is 0.814. The molecule has 0 radical (unpaired) electrons. The number of amides is 1. The summed E-state index contributed by atoms with van der Waals surface area (Å²) in [6.45, 7) is 2.73. The maximum atomic E-state index is 13.1. The first-order chi connectivity index (χ1) is 14.1. The lowest BCUT2D eigenvalue weighted by Crippen LogP contribution is -2.58. The monoisotopic (exact) mass is 423 g/mol. The van der Waals surface area contributed by atoms with Crippen LogP contribution in [0.15, 0.2) is 34.7 Å². The highest BCUT2D eigenvalue weighted by molar-refractivity contribution is 5.85. The highest BCUT2D eigenvalue weighted by Crippen LogP contribution is 2.58. The number of piperidine rings is 1. The lowest BCUT2D eigenvalue weighted by atomic mass is 9.74. The summed E-state index contributed by atoms with van der Waals surface area (Å²) in [6, 6.07) is 9.44. The van der Waals surface area contributed by atoms with Gasteiger partial charge in [0.1, 0.15) is 0 Å². The van der Waals surface area contributed by atoms with Crippen LogP contribution in [0.3, 0.4) is 0 Å². The van der Waals surface area contributed by atoms with Gasteiger partial charge in [0, 0.05) is 18.7 Å². The number of rotatable bonds is 4. The number of aromatic nitrogens is 2. The van der Waals surface area contributed by atoms with Crippen LogP contribution in [0.5, 0.6) is 0 Å². The van der Waals surface area contributed by atoms with E-state index in [1.165, 1.54) is 0 Å². The van der Waals surface area contributed by atoms with Gasteiger partial charge in [-0.05, 0) is 50.2 Å². The van der Waals surface area contributed by atoms with Gasteiger partial charge in [-0.15, -0.1) is 10.2 Å². The zero-order valence-electron chi connectivity index (χ0n) is 16.8. The van der Waals surface area contributed by atoms with Gasteiger partial charge in [0.15, 0.2) is 0 Å². The summed E-state index contributed by atoms with van der Waals surface area (Å²) in [7, 11) is 0. The first-order valence-corrected chi connectivity index (χ1v) is 10.0. The molecule has 1 saturated heterocycles. The largest absolute Gasteiger partial charge is 0.426 e. The van der Waals surface area contributed by atoms with Gasteiger partial charge in [0.25, 0.3) is 5.91 Å². The molecule has 1 aromatic heterocycles. The highest BCUT2D eigenvalue weighted by atomic mass is 19.4. The van der Waals surface area contributed by atoms with E-state index >= 15 is 0 Å². The van der Waals surface area contributed by atoms with Crippen molar-refractivity contribution >= 4 is 5.91 Å². The van der Waals surface area contributed by atoms with Crippen LogP contribution in [-0.4, -0.2) is 51.0 Å². The number of benzene rings is 1. The lowest BCUT2D eigenvalue weighted by Gasteiger charge is -2.42. The molecule has 6 nitrogen and oxygen atoms in total. The number of hydrogen-bond donors (Lipinski definition) is 1. The minimum atomic E-state index is -5.01. The van der Waals surface area contributed by atoms with Crippen LogP contribution >= 0.6 is 0 Å². The Labute approximate surface area is 172 Å². The molecule has 4 rings (SSSR count). The van der Waals surface area contributed by atoms with Crippen LogP contribution in [-0.2, 0) is 10.2 Å². The van der Waals surface area contributed by atoms with E-state index in [9.17, 15) is 23.1 Å². The Morgan fingerprint density at radius 3 is 2.47 bits per heavy atom. The average Bonchev–Trinajstić information content (AvgIpc) is 3.35. The van der Waals surface area contributed by atoms with Crippen LogP contribution < -0.4 is 0 Å². The van der Waals surface area contributed by atoms with E-state index < -0.39 is 17.7 Å². The zero-order valence-corrected chi connectivity index (χ0v) is 16.8. The van der Waals surface area contributed by atoms with Crippen molar-refractivity contribution in [3.63, 3.8) is 0 Å². The van der Waals surface area contributed by atoms with Crippen molar-refractivity contribution in [2.75, 3.05) is 13.1 Å². The van der Waals surface area contributed by atoms with Gasteiger partial charge in [-0.3, -0.25) is 4.79 Å². The van der Waals surface area contributed by atoms with E-state index in [1.54, 1.807) is 0 Å². The number of nitrogens with zero attached hydrogens (tertiary/aromatic N) is 3. The van der Waals surface area contributed by atoms with Gasteiger partial charge in [-0.25, -0.2) is 0 Å². The number of halogens is 3. The van der Waals surface area contributed by atoms with Crippen molar-refractivity contribution < 1.29 is 27.5 Å². The topological polar surface area (TPSA) is 79.5 Å². The molecule has 2 aromatic rings. The number of carbonyl (C=O) groups is 1. The van der Waals surface area contributed by atoms with E-state index in [0.717, 1.165) is 23.3 Å². The van der Waals surface area contributed by atoms with Crippen molar-refractivity contribution in [2.24, 2.45) is 11.8 Å². The van der Waals surface area contributed by atoms with Gasteiger partial charge in [0.05, 0.1) is 5.41 Å². The first-order valence-electron chi connectivity index (χ1n) is 10.0. The number of likely N-dealkylation sites (tertiary alicyclic amines) is 1. The first kappa shape index (κ1) is 20.8. The minimum Gasteiger partial charge on any atom is -0.420 e. The summed E-state index contributed by atoms with van der Waals surface area (Å²) in [5.74, 6) is -0.254. The minimum absolute atomic E-state index is 0.0682. The summed E-state index contributed by atoms with van der Waals surface area (Å²) in [5.41, 5.74) is -2.84. The molecule has 3 atom stereocenters. The maximum absolute atomic E-state index is 13.1. The van der Waals surface area contributed by atoms with Gasteiger partial charge >= 0.3 is 6.18 Å². The average molecular weight is 423 g/mol. The van der Waals surface area contributed by atoms with E-state index in [1.807, 2.05) is 37.3 Å². The molecular weight excluding hydrogens is 399 g/mol. The van der Waals surface area contributed by atoms with Crippen molar-refractivity contribution in [2.45, 2.75) is 50.3 Å². The van der Waals surface area contributed by atoms with Crippen molar-refractivity contribution in [1.29, 1.82) is 0 Å². The fraction of sp³-hybridized carbons (Fsp3) is 0.571. The van der Waals surface area contributed by atoms with E-state index in [4.69, 9.17) is 4.42 Å². The molecule has 1 N–H and O–H groups in total. The smallest absolute Gasteiger partial charge is 0.420 e. The van der Waals surface area contributed by atoms with Crippen LogP contribution in [0.1, 0.15) is 39.0 Å². The fourth-order valence-electron chi connectivity index (χ4n) is 4.58. The molecule has 1 unspecified atom stereocenters. The molecule has 1 aliphatic carbocycles. The van der Waals surface area contributed by atoms with Gasteiger partial charge in [-0.1, -0.05) is 25.1 Å². The summed E-state index contributed by atoms with van der Waals surface area (Å²) >= 11 is 0. The van der Waals surface area contributed by atoms with Crippen LogP contribution in [0.2, 0.25) is 0 Å². The molecule has 162 valence electrons. The predicted molar refractivity (Wildman–Crippen MR) is 101 cm³/mol. The van der Waals surface area contributed by atoms with E-state index in [2.05, 4.69) is 10.2 Å². The second-order valence-corrected chi connectivity index (χ2v) is 8.63. The third-order valence-corrected chi connectivity index (χ3v) is 6.53. The Morgan fingerprint density at radius 2 is 1.90 bits per heavy atom. The van der Waals surface area contributed by atoms with Crippen LogP contribution in [0.4, 0.5) is 13.2 Å². The molecule has 0 bridgehead atoms. The van der Waals surface area contributed by atoms with Crippen LogP contribution in [0, 0.1) is 11.8 Å². The number of aliphatic hydroxyl groups is 1. The standard InChI is InChI=1S/C21H24F3N3O3/c1-13-12-27(18(28)19(2,29)21(22,23)24)11-8-15(13)20(9-10-20)17-26-25-16(30-17)14-6-4-3-5-7-14/h3-7,13,15,29H,8-12H2,1-2H3/t13-,15+,19?/m0/s1. The maximum Gasteiger partial charge on any atom is 0.426 e. The van der Waals surface area contributed by atoms with Crippen molar-refractivity contribution in [3.05, 3.63) is 36.2 Å². The molecule has 9 heteroatoms. The molecule has 2 aliphatic rings. The van der Waals surface area contributed by atoms with Gasteiger partial charge in [-0.2, -0.15) is 13.2 Å². The third kappa shape index (κ3) is 3.38. The predicted octanol–water partition coefficient (Wildman–Crippen LogP) is 3.57. The SMILES string of the molecule is C[C@H]1CN(C(=O)C(C)(O)C(F)(F)F)CC[C@H]1C1(c2nnc(-c3ccccc3)o2)CC1. The molecule has 1 saturated carbocycles. The summed E-state index contributed by atoms with van der Waals surface area (Å²) in [4.78, 5) is 13.4. The van der Waals surface area contributed by atoms with Crippen molar-refractivity contribution in [3.8, 4) is 11.5 Å². The Kier molecular flexibility index (Phi) is 4.91. The summed E-state index contributed by atoms with van der Waals surface area (Å²) in [5, 5.41) is 18.2. The van der Waals surface area contributed by atoms with Crippen LogP contribution in [0.25, 0.3) is 11.5 Å². The Bertz CT molecular complexity index is 922. The van der Waals surface area contributed by atoms with Gasteiger partial charge < -0.3 is 14.4 Å². The van der Waals surface area contributed by atoms with Crippen molar-refractivity contribution in [1.82, 2.24) is 15.1 Å². The normalized spacial score (nSPS) is 25.6. The Hall–Kier alpha value is -2.42. The van der Waals surface area contributed by atoms with Gasteiger partial charge in [0.2, 0.25) is 17.4 Å². The third-order valence-electron chi connectivity index (χ3n) is 6.53. The Morgan fingerprint density at radius 1 is 1.23 bits per heavy atom. The van der Waals surface area contributed by atoms with E-state index in [0.29, 0.717) is 25.1 Å². The molecule has 2 heterocycles. The Balaban J connectivity index is 1.49. The molecule has 30 heavy (non-hydrogen) atoms. The number of hydrogen-bond acceptors (Lipinski definition) is 5. The second kappa shape index (κ2) is 7.08. The van der Waals surface area contributed by atoms with E-state index in [-0.39, 0.29) is 30.3 Å². The highest BCUT2D eigenvalue weighted by Gasteiger charge is 2.60. The molecular formula is C21H24F3N3O3. The zero-order chi connectivity index (χ0) is 21.7. The second-order valence-electron chi connectivity index (χ2n) is 8.63.